The third kappa shape index (κ3) is 2.86. The van der Waals surface area contributed by atoms with E-state index in [1.807, 2.05) is 31.2 Å². The van der Waals surface area contributed by atoms with Gasteiger partial charge in [0.05, 0.1) is 22.7 Å². The van der Waals surface area contributed by atoms with Crippen molar-refractivity contribution < 1.29 is 10.2 Å². The van der Waals surface area contributed by atoms with E-state index in [-0.39, 0.29) is 0 Å². The molecule has 110 valence electrons. The highest BCUT2D eigenvalue weighted by atomic mass is 16.3. The monoisotopic (exact) mass is 276 g/mol. The minimum Gasteiger partial charge on any atom is -0.390 e. The number of para-hydroxylation sites is 2. The molecule has 0 aliphatic heterocycles. The van der Waals surface area contributed by atoms with E-state index in [9.17, 15) is 10.2 Å². The standard InChI is InChI=1S/C16H24N2O2/c1-4-10-18-13-9-7-6-8-12(13)17-15(18)11-14(19)16(3,20)5-2/h6-9,14,19-20H,4-5,10-11H2,1-3H3. The summed E-state index contributed by atoms with van der Waals surface area (Å²) < 4.78 is 2.14. The van der Waals surface area contributed by atoms with Crippen molar-refractivity contribution >= 4 is 11.0 Å². The first-order valence-corrected chi connectivity index (χ1v) is 7.34. The lowest BCUT2D eigenvalue weighted by molar-refractivity contribution is -0.0639. The van der Waals surface area contributed by atoms with Crippen LogP contribution in [0.1, 0.15) is 39.4 Å². The van der Waals surface area contributed by atoms with Crippen LogP contribution < -0.4 is 0 Å². The summed E-state index contributed by atoms with van der Waals surface area (Å²) in [5, 5.41) is 20.4. The smallest absolute Gasteiger partial charge is 0.112 e. The van der Waals surface area contributed by atoms with E-state index in [4.69, 9.17) is 0 Å². The zero-order valence-corrected chi connectivity index (χ0v) is 12.5. The number of imidazole rings is 1. The van der Waals surface area contributed by atoms with Gasteiger partial charge in [-0.15, -0.1) is 0 Å². The largest absolute Gasteiger partial charge is 0.390 e. The van der Waals surface area contributed by atoms with Gasteiger partial charge in [0.1, 0.15) is 5.82 Å². The second-order valence-electron chi connectivity index (χ2n) is 5.60. The molecule has 1 aromatic carbocycles. The van der Waals surface area contributed by atoms with Gasteiger partial charge in [-0.1, -0.05) is 26.0 Å². The Morgan fingerprint density at radius 3 is 2.65 bits per heavy atom. The van der Waals surface area contributed by atoms with Crippen molar-refractivity contribution in [1.29, 1.82) is 0 Å². The normalized spacial score (nSPS) is 16.2. The molecular formula is C16H24N2O2. The second kappa shape index (κ2) is 5.94. The van der Waals surface area contributed by atoms with Crippen LogP contribution in [0.15, 0.2) is 24.3 Å². The minimum atomic E-state index is -1.07. The fourth-order valence-corrected chi connectivity index (χ4v) is 2.38. The van der Waals surface area contributed by atoms with Crippen LogP contribution in [0.4, 0.5) is 0 Å². The Labute approximate surface area is 120 Å². The molecule has 4 nitrogen and oxygen atoms in total. The van der Waals surface area contributed by atoms with E-state index in [0.29, 0.717) is 12.8 Å². The van der Waals surface area contributed by atoms with Gasteiger partial charge in [0.2, 0.25) is 0 Å². The van der Waals surface area contributed by atoms with Gasteiger partial charge >= 0.3 is 0 Å². The highest BCUT2D eigenvalue weighted by molar-refractivity contribution is 5.75. The van der Waals surface area contributed by atoms with E-state index in [1.54, 1.807) is 6.92 Å². The van der Waals surface area contributed by atoms with Crippen molar-refractivity contribution in [3.8, 4) is 0 Å². The fourth-order valence-electron chi connectivity index (χ4n) is 2.38. The molecule has 0 saturated carbocycles. The number of aromatic nitrogens is 2. The Bertz CT molecular complexity index is 575. The van der Waals surface area contributed by atoms with Gasteiger partial charge in [-0.3, -0.25) is 0 Å². The van der Waals surface area contributed by atoms with Gasteiger partial charge in [-0.05, 0) is 31.9 Å². The molecule has 2 rings (SSSR count). The Morgan fingerprint density at radius 1 is 1.30 bits per heavy atom. The summed E-state index contributed by atoms with van der Waals surface area (Å²) in [5.74, 6) is 0.842. The maximum Gasteiger partial charge on any atom is 0.112 e. The number of rotatable bonds is 6. The maximum atomic E-state index is 10.2. The SMILES string of the molecule is CCCn1c(CC(O)C(C)(O)CC)nc2ccccc21. The van der Waals surface area contributed by atoms with Crippen molar-refractivity contribution in [2.45, 2.75) is 58.3 Å². The first kappa shape index (κ1) is 15.0. The number of hydrogen-bond acceptors (Lipinski definition) is 3. The van der Waals surface area contributed by atoms with Crippen LogP contribution in [0.3, 0.4) is 0 Å². The highest BCUT2D eigenvalue weighted by Gasteiger charge is 2.29. The van der Waals surface area contributed by atoms with Crippen molar-refractivity contribution in [1.82, 2.24) is 9.55 Å². The number of benzene rings is 1. The molecule has 0 saturated heterocycles. The summed E-state index contributed by atoms with van der Waals surface area (Å²) in [6.07, 6.45) is 1.09. The summed E-state index contributed by atoms with van der Waals surface area (Å²) in [5.41, 5.74) is 0.960. The Balaban J connectivity index is 2.36. The van der Waals surface area contributed by atoms with E-state index in [0.717, 1.165) is 29.8 Å². The molecule has 0 radical (unpaired) electrons. The average molecular weight is 276 g/mol. The van der Waals surface area contributed by atoms with Crippen LogP contribution in [0.2, 0.25) is 0 Å². The molecule has 1 aromatic heterocycles. The number of nitrogens with zero attached hydrogens (tertiary/aromatic N) is 2. The van der Waals surface area contributed by atoms with Crippen molar-refractivity contribution in [3.63, 3.8) is 0 Å². The summed E-state index contributed by atoms with van der Waals surface area (Å²) in [6.45, 7) is 6.54. The van der Waals surface area contributed by atoms with Crippen molar-refractivity contribution in [2.75, 3.05) is 0 Å². The molecule has 1 heterocycles. The molecule has 20 heavy (non-hydrogen) atoms. The fraction of sp³-hybridized carbons (Fsp3) is 0.562. The highest BCUT2D eigenvalue weighted by Crippen LogP contribution is 2.22. The number of aliphatic hydroxyl groups excluding tert-OH is 1. The third-order valence-corrected chi connectivity index (χ3v) is 3.99. The molecule has 2 unspecified atom stereocenters. The van der Waals surface area contributed by atoms with E-state index in [2.05, 4.69) is 16.5 Å². The van der Waals surface area contributed by atoms with Gasteiger partial charge < -0.3 is 14.8 Å². The minimum absolute atomic E-state index is 0.371. The van der Waals surface area contributed by atoms with Crippen LogP contribution in [-0.2, 0) is 13.0 Å². The summed E-state index contributed by atoms with van der Waals surface area (Å²) in [6, 6.07) is 7.99. The Hall–Kier alpha value is -1.39. The van der Waals surface area contributed by atoms with Crippen LogP contribution >= 0.6 is 0 Å². The predicted octanol–water partition coefficient (Wildman–Crippen LogP) is 2.51. The molecule has 0 amide bonds. The molecule has 0 aliphatic carbocycles. The van der Waals surface area contributed by atoms with Crippen LogP contribution in [-0.4, -0.2) is 31.5 Å². The van der Waals surface area contributed by atoms with Gasteiger partial charge in [0.15, 0.2) is 0 Å². The molecule has 2 aromatic rings. The maximum absolute atomic E-state index is 10.2. The predicted molar refractivity (Wildman–Crippen MR) is 80.6 cm³/mol. The third-order valence-electron chi connectivity index (χ3n) is 3.99. The summed E-state index contributed by atoms with van der Waals surface area (Å²) >= 11 is 0. The van der Waals surface area contributed by atoms with Crippen LogP contribution in [0.5, 0.6) is 0 Å². The average Bonchev–Trinajstić information content (AvgIpc) is 2.77. The molecule has 2 atom stereocenters. The number of aliphatic hydroxyl groups is 2. The topological polar surface area (TPSA) is 58.3 Å². The lowest BCUT2D eigenvalue weighted by atomic mass is 9.93. The molecule has 0 bridgehead atoms. The number of fused-ring (bicyclic) bond motifs is 1. The first-order chi connectivity index (χ1) is 9.49. The summed E-state index contributed by atoms with van der Waals surface area (Å²) in [7, 11) is 0. The Kier molecular flexibility index (Phi) is 4.45. The molecule has 0 spiro atoms. The van der Waals surface area contributed by atoms with E-state index in [1.165, 1.54) is 0 Å². The lowest BCUT2D eigenvalue weighted by Crippen LogP contribution is -2.40. The van der Waals surface area contributed by atoms with Crippen LogP contribution in [0.25, 0.3) is 11.0 Å². The van der Waals surface area contributed by atoms with Gasteiger partial charge in [0, 0.05) is 13.0 Å². The van der Waals surface area contributed by atoms with Crippen molar-refractivity contribution in [3.05, 3.63) is 30.1 Å². The van der Waals surface area contributed by atoms with Gasteiger partial charge in [-0.25, -0.2) is 4.98 Å². The molecule has 0 fully saturated rings. The van der Waals surface area contributed by atoms with E-state index >= 15 is 0 Å². The quantitative estimate of drug-likeness (QED) is 0.852. The lowest BCUT2D eigenvalue weighted by Gasteiger charge is -2.27. The van der Waals surface area contributed by atoms with Crippen LogP contribution in [0, 0.1) is 0 Å². The molecule has 4 heteroatoms. The Morgan fingerprint density at radius 2 is 2.00 bits per heavy atom. The molecule has 2 N–H and O–H groups in total. The summed E-state index contributed by atoms with van der Waals surface area (Å²) in [4.78, 5) is 4.61. The second-order valence-corrected chi connectivity index (χ2v) is 5.60. The number of hydrogen-bond donors (Lipinski definition) is 2. The molecular weight excluding hydrogens is 252 g/mol. The zero-order chi connectivity index (χ0) is 14.8. The van der Waals surface area contributed by atoms with Gasteiger partial charge in [-0.2, -0.15) is 0 Å². The van der Waals surface area contributed by atoms with E-state index < -0.39 is 11.7 Å². The van der Waals surface area contributed by atoms with Crippen molar-refractivity contribution in [2.24, 2.45) is 0 Å². The first-order valence-electron chi connectivity index (χ1n) is 7.34. The molecule has 0 aliphatic rings. The number of aryl methyl sites for hydroxylation is 1. The zero-order valence-electron chi connectivity index (χ0n) is 12.5. The van der Waals surface area contributed by atoms with Gasteiger partial charge in [0.25, 0.3) is 0 Å².